The largest absolute Gasteiger partial charge is 0.383 e. The summed E-state index contributed by atoms with van der Waals surface area (Å²) in [7, 11) is 1.58. The van der Waals surface area contributed by atoms with Gasteiger partial charge in [-0.1, -0.05) is 17.3 Å². The lowest BCUT2D eigenvalue weighted by atomic mass is 10.1. The van der Waals surface area contributed by atoms with Crippen molar-refractivity contribution in [1.29, 1.82) is 0 Å². The third-order valence-electron chi connectivity index (χ3n) is 4.43. The van der Waals surface area contributed by atoms with Crippen LogP contribution in [0.3, 0.4) is 0 Å². The molecule has 0 atom stereocenters. The second-order valence-electron chi connectivity index (χ2n) is 6.32. The summed E-state index contributed by atoms with van der Waals surface area (Å²) in [5.74, 6) is 0.948. The highest BCUT2D eigenvalue weighted by Crippen LogP contribution is 2.15. The van der Waals surface area contributed by atoms with Crippen LogP contribution in [0.5, 0.6) is 0 Å². The second kappa shape index (κ2) is 8.13. The minimum Gasteiger partial charge on any atom is -0.383 e. The molecule has 2 heterocycles. The van der Waals surface area contributed by atoms with Gasteiger partial charge in [0.25, 0.3) is 5.56 Å². The first-order chi connectivity index (χ1) is 13.0. The van der Waals surface area contributed by atoms with Crippen molar-refractivity contribution in [1.82, 2.24) is 20.0 Å². The highest BCUT2D eigenvalue weighted by Gasteiger charge is 2.20. The van der Waals surface area contributed by atoms with E-state index in [9.17, 15) is 9.59 Å². The molecule has 3 rings (SSSR count). The number of H-pyrrole nitrogens is 1. The molecule has 0 bridgehead atoms. The Balaban J connectivity index is 1.84. The maximum Gasteiger partial charge on any atom is 0.258 e. The van der Waals surface area contributed by atoms with Crippen molar-refractivity contribution < 1.29 is 14.1 Å². The summed E-state index contributed by atoms with van der Waals surface area (Å²) < 4.78 is 10.3. The molecular weight excluding hydrogens is 348 g/mol. The van der Waals surface area contributed by atoms with Gasteiger partial charge in [-0.2, -0.15) is 0 Å². The smallest absolute Gasteiger partial charge is 0.258 e. The molecule has 1 N–H and O–H groups in total. The number of carbonyl (C=O) groups excluding carboxylic acids is 1. The molecule has 0 saturated heterocycles. The SMILES string of the molecule is COCCN(Cc1nc2ccccc2c(=O)[nH]1)C(=O)Cc1c(C)noc1C. The Morgan fingerprint density at radius 1 is 1.30 bits per heavy atom. The standard InChI is InChI=1S/C19H22N4O4/c1-12-15(13(2)27-22-12)10-18(24)23(8-9-26-3)11-17-20-16-7-5-4-6-14(16)19(25)21-17/h4-7H,8-11H2,1-3H3,(H,20,21,25). The third kappa shape index (κ3) is 4.22. The molecule has 1 amide bonds. The van der Waals surface area contributed by atoms with Crippen LogP contribution in [0.4, 0.5) is 0 Å². The fourth-order valence-electron chi connectivity index (χ4n) is 2.90. The highest BCUT2D eigenvalue weighted by molar-refractivity contribution is 5.79. The number of methoxy groups -OCH3 is 1. The Bertz CT molecular complexity index is 989. The number of aryl methyl sites for hydroxylation is 2. The van der Waals surface area contributed by atoms with Gasteiger partial charge in [0, 0.05) is 19.2 Å². The Morgan fingerprint density at radius 3 is 2.78 bits per heavy atom. The molecule has 0 aliphatic rings. The van der Waals surface area contributed by atoms with Gasteiger partial charge in [0.2, 0.25) is 5.91 Å². The van der Waals surface area contributed by atoms with Crippen LogP contribution in [-0.2, 0) is 22.5 Å². The number of fused-ring (bicyclic) bond motifs is 1. The van der Waals surface area contributed by atoms with Gasteiger partial charge in [-0.3, -0.25) is 9.59 Å². The maximum absolute atomic E-state index is 12.9. The second-order valence-corrected chi connectivity index (χ2v) is 6.32. The Morgan fingerprint density at radius 2 is 2.07 bits per heavy atom. The number of nitrogens with one attached hydrogen (secondary N) is 1. The molecule has 0 aliphatic heterocycles. The number of rotatable bonds is 7. The fraction of sp³-hybridized carbons (Fsp3) is 0.368. The zero-order chi connectivity index (χ0) is 19.4. The van der Waals surface area contributed by atoms with Gasteiger partial charge in [-0.25, -0.2) is 4.98 Å². The predicted molar refractivity (Wildman–Crippen MR) is 99.3 cm³/mol. The molecule has 0 saturated carbocycles. The van der Waals surface area contributed by atoms with Gasteiger partial charge in [0.05, 0.1) is 36.2 Å². The van der Waals surface area contributed by atoms with Crippen LogP contribution in [0.1, 0.15) is 22.8 Å². The molecule has 0 radical (unpaired) electrons. The molecular formula is C19H22N4O4. The summed E-state index contributed by atoms with van der Waals surface area (Å²) in [6.45, 7) is 4.54. The summed E-state index contributed by atoms with van der Waals surface area (Å²) in [5.41, 5.74) is 1.86. The van der Waals surface area contributed by atoms with Crippen LogP contribution < -0.4 is 5.56 Å². The van der Waals surface area contributed by atoms with Crippen LogP contribution in [-0.4, -0.2) is 46.2 Å². The number of benzene rings is 1. The van der Waals surface area contributed by atoms with Crippen LogP contribution in [0.15, 0.2) is 33.6 Å². The number of para-hydroxylation sites is 1. The molecule has 142 valence electrons. The number of hydrogen-bond donors (Lipinski definition) is 1. The number of amides is 1. The minimum atomic E-state index is -0.222. The Kier molecular flexibility index (Phi) is 5.66. The minimum absolute atomic E-state index is 0.114. The molecule has 3 aromatic rings. The van der Waals surface area contributed by atoms with Gasteiger partial charge < -0.3 is 19.1 Å². The summed E-state index contributed by atoms with van der Waals surface area (Å²) in [6, 6.07) is 7.11. The fourth-order valence-corrected chi connectivity index (χ4v) is 2.90. The van der Waals surface area contributed by atoms with Crippen LogP contribution >= 0.6 is 0 Å². The molecule has 2 aromatic heterocycles. The monoisotopic (exact) mass is 370 g/mol. The van der Waals surface area contributed by atoms with E-state index in [1.165, 1.54) is 0 Å². The normalized spacial score (nSPS) is 11.1. The van der Waals surface area contributed by atoms with Gasteiger partial charge in [0.1, 0.15) is 11.6 Å². The first kappa shape index (κ1) is 18.8. The van der Waals surface area contributed by atoms with Crippen molar-refractivity contribution in [2.75, 3.05) is 20.3 Å². The van der Waals surface area contributed by atoms with Crippen molar-refractivity contribution in [3.05, 3.63) is 57.5 Å². The molecule has 0 spiro atoms. The van der Waals surface area contributed by atoms with E-state index >= 15 is 0 Å². The van der Waals surface area contributed by atoms with Crippen molar-refractivity contribution in [2.24, 2.45) is 0 Å². The molecule has 0 fully saturated rings. The highest BCUT2D eigenvalue weighted by atomic mass is 16.5. The van der Waals surface area contributed by atoms with Crippen LogP contribution in [0.2, 0.25) is 0 Å². The van der Waals surface area contributed by atoms with E-state index in [0.717, 1.165) is 5.56 Å². The first-order valence-corrected chi connectivity index (χ1v) is 8.66. The van der Waals surface area contributed by atoms with E-state index in [0.29, 0.717) is 41.3 Å². The number of ether oxygens (including phenoxy) is 1. The number of carbonyl (C=O) groups is 1. The summed E-state index contributed by atoms with van der Waals surface area (Å²) in [4.78, 5) is 34.0. The van der Waals surface area contributed by atoms with E-state index in [2.05, 4.69) is 15.1 Å². The van der Waals surface area contributed by atoms with Crippen molar-refractivity contribution >= 4 is 16.8 Å². The van der Waals surface area contributed by atoms with E-state index in [1.54, 1.807) is 44.1 Å². The summed E-state index contributed by atoms with van der Waals surface area (Å²) in [6.07, 6.45) is 0.169. The molecule has 0 unspecified atom stereocenters. The Hall–Kier alpha value is -3.00. The molecule has 27 heavy (non-hydrogen) atoms. The zero-order valence-corrected chi connectivity index (χ0v) is 15.6. The van der Waals surface area contributed by atoms with E-state index in [-0.39, 0.29) is 24.4 Å². The maximum atomic E-state index is 12.9. The first-order valence-electron chi connectivity index (χ1n) is 8.66. The van der Waals surface area contributed by atoms with Gasteiger partial charge in [0.15, 0.2) is 0 Å². The summed E-state index contributed by atoms with van der Waals surface area (Å²) in [5, 5.41) is 4.41. The van der Waals surface area contributed by atoms with Gasteiger partial charge in [-0.15, -0.1) is 0 Å². The topological polar surface area (TPSA) is 101 Å². The van der Waals surface area contributed by atoms with Gasteiger partial charge in [-0.05, 0) is 26.0 Å². The van der Waals surface area contributed by atoms with E-state index in [4.69, 9.17) is 9.26 Å². The Labute approximate surface area is 156 Å². The number of aromatic amines is 1. The lowest BCUT2D eigenvalue weighted by Gasteiger charge is -2.22. The summed E-state index contributed by atoms with van der Waals surface area (Å²) >= 11 is 0. The number of hydrogen-bond acceptors (Lipinski definition) is 6. The average molecular weight is 370 g/mol. The van der Waals surface area contributed by atoms with Gasteiger partial charge >= 0.3 is 0 Å². The van der Waals surface area contributed by atoms with Crippen molar-refractivity contribution in [2.45, 2.75) is 26.8 Å². The quantitative estimate of drug-likeness (QED) is 0.680. The lowest BCUT2D eigenvalue weighted by Crippen LogP contribution is -2.36. The molecule has 8 heteroatoms. The van der Waals surface area contributed by atoms with Crippen molar-refractivity contribution in [3.63, 3.8) is 0 Å². The van der Waals surface area contributed by atoms with Crippen LogP contribution in [0.25, 0.3) is 10.9 Å². The lowest BCUT2D eigenvalue weighted by molar-refractivity contribution is -0.131. The van der Waals surface area contributed by atoms with E-state index < -0.39 is 0 Å². The molecule has 0 aliphatic carbocycles. The van der Waals surface area contributed by atoms with E-state index in [1.807, 2.05) is 6.07 Å². The zero-order valence-electron chi connectivity index (χ0n) is 15.6. The molecule has 1 aromatic carbocycles. The number of aromatic nitrogens is 3. The average Bonchev–Trinajstić information content (AvgIpc) is 2.97. The van der Waals surface area contributed by atoms with Crippen molar-refractivity contribution in [3.8, 4) is 0 Å². The number of nitrogens with zero attached hydrogens (tertiary/aromatic N) is 3. The molecule has 8 nitrogen and oxygen atoms in total. The predicted octanol–water partition coefficient (Wildman–Crippen LogP) is 1.75. The van der Waals surface area contributed by atoms with Crippen LogP contribution in [0, 0.1) is 13.8 Å². The third-order valence-corrected chi connectivity index (χ3v) is 4.43.